The van der Waals surface area contributed by atoms with Crippen molar-refractivity contribution in [3.05, 3.63) is 0 Å². The normalized spacial score (nSPS) is 37.7. The van der Waals surface area contributed by atoms with Crippen molar-refractivity contribution in [2.75, 3.05) is 6.54 Å². The Bertz CT molecular complexity index is 480. The number of fused-ring (bicyclic) bond motifs is 1. The van der Waals surface area contributed by atoms with Crippen LogP contribution in [0.4, 0.5) is 0 Å². The molecule has 3 aliphatic rings. The van der Waals surface area contributed by atoms with Crippen LogP contribution in [0.1, 0.15) is 58.8 Å². The van der Waals surface area contributed by atoms with Crippen LogP contribution in [0.15, 0.2) is 0 Å². The Kier molecular flexibility index (Phi) is 4.74. The van der Waals surface area contributed by atoms with E-state index in [1.165, 1.54) is 11.3 Å². The molecule has 3 fully saturated rings. The summed E-state index contributed by atoms with van der Waals surface area (Å²) in [6.07, 6.45) is 6.94. The maximum atomic E-state index is 12.4. The van der Waals surface area contributed by atoms with Crippen molar-refractivity contribution >= 4 is 17.7 Å². The van der Waals surface area contributed by atoms with E-state index in [0.717, 1.165) is 38.5 Å². The van der Waals surface area contributed by atoms with Crippen LogP contribution in [-0.4, -0.2) is 35.2 Å². The Balaban J connectivity index is 1.59. The number of hydrogen-bond acceptors (Lipinski definition) is 3. The van der Waals surface area contributed by atoms with Crippen LogP contribution < -0.4 is 5.32 Å². The molecule has 0 radical (unpaired) electrons. The summed E-state index contributed by atoms with van der Waals surface area (Å²) in [6.45, 7) is 4.30. The highest BCUT2D eigenvalue weighted by Crippen LogP contribution is 2.38. The Morgan fingerprint density at radius 3 is 2.22 bits per heavy atom. The zero-order valence-corrected chi connectivity index (χ0v) is 14.2. The van der Waals surface area contributed by atoms with Gasteiger partial charge in [0.05, 0.1) is 11.8 Å². The Morgan fingerprint density at radius 2 is 1.61 bits per heavy atom. The first-order valence-electron chi connectivity index (χ1n) is 9.13. The fraction of sp³-hybridized carbons (Fsp3) is 0.833. The molecular formula is C18H28N2O3. The molecule has 5 atom stereocenters. The Morgan fingerprint density at radius 1 is 1.00 bits per heavy atom. The van der Waals surface area contributed by atoms with E-state index < -0.39 is 0 Å². The molecule has 0 aromatic rings. The van der Waals surface area contributed by atoms with Crippen LogP contribution in [0.3, 0.4) is 0 Å². The zero-order valence-electron chi connectivity index (χ0n) is 14.2. The van der Waals surface area contributed by atoms with Gasteiger partial charge < -0.3 is 5.32 Å². The zero-order chi connectivity index (χ0) is 16.6. The summed E-state index contributed by atoms with van der Waals surface area (Å²) in [7, 11) is 0. The first kappa shape index (κ1) is 16.5. The molecule has 128 valence electrons. The predicted molar refractivity (Wildman–Crippen MR) is 86.3 cm³/mol. The van der Waals surface area contributed by atoms with Gasteiger partial charge in [0.15, 0.2) is 0 Å². The summed E-state index contributed by atoms with van der Waals surface area (Å²) in [5, 5.41) is 3.06. The predicted octanol–water partition coefficient (Wildman–Crippen LogP) is 2.10. The van der Waals surface area contributed by atoms with Crippen LogP contribution in [-0.2, 0) is 14.4 Å². The Hall–Kier alpha value is -1.39. The molecule has 0 aromatic heterocycles. The maximum Gasteiger partial charge on any atom is 0.240 e. The van der Waals surface area contributed by atoms with Gasteiger partial charge in [-0.25, -0.2) is 0 Å². The highest BCUT2D eigenvalue weighted by Gasteiger charge is 2.48. The van der Waals surface area contributed by atoms with Crippen molar-refractivity contribution < 1.29 is 14.4 Å². The molecule has 2 aliphatic carbocycles. The molecule has 1 aliphatic heterocycles. The highest BCUT2D eigenvalue weighted by atomic mass is 16.2. The van der Waals surface area contributed by atoms with Crippen molar-refractivity contribution in [1.29, 1.82) is 0 Å². The molecule has 3 rings (SSSR count). The van der Waals surface area contributed by atoms with E-state index in [4.69, 9.17) is 0 Å². The summed E-state index contributed by atoms with van der Waals surface area (Å²) in [5.41, 5.74) is 0. The fourth-order valence-electron chi connectivity index (χ4n) is 4.57. The van der Waals surface area contributed by atoms with Gasteiger partial charge in [0.25, 0.3) is 0 Å². The second-order valence-corrected chi connectivity index (χ2v) is 7.70. The van der Waals surface area contributed by atoms with Crippen LogP contribution in [0.5, 0.6) is 0 Å². The lowest BCUT2D eigenvalue weighted by atomic mass is 9.78. The number of nitrogens with zero attached hydrogens (tertiary/aromatic N) is 1. The Labute approximate surface area is 138 Å². The van der Waals surface area contributed by atoms with Gasteiger partial charge in [-0.1, -0.05) is 39.5 Å². The standard InChI is InChI=1S/C18H28N2O3/c1-11-6-5-9-15(12(11)2)19-16(21)10-20-17(22)13-7-3-4-8-14(13)18(20)23/h11-15H,3-10H2,1-2H3,(H,19,21)/t11-,12+,13-,14+,15+/m1/s1. The summed E-state index contributed by atoms with van der Waals surface area (Å²) >= 11 is 0. The molecule has 23 heavy (non-hydrogen) atoms. The van der Waals surface area contributed by atoms with Crippen LogP contribution in [0.2, 0.25) is 0 Å². The van der Waals surface area contributed by atoms with E-state index in [0.29, 0.717) is 11.8 Å². The third kappa shape index (κ3) is 3.15. The topological polar surface area (TPSA) is 66.5 Å². The summed E-state index contributed by atoms with van der Waals surface area (Å²) < 4.78 is 0. The molecule has 3 amide bonds. The number of imide groups is 1. The molecule has 0 unspecified atom stereocenters. The van der Waals surface area contributed by atoms with Gasteiger partial charge in [-0.15, -0.1) is 0 Å². The van der Waals surface area contributed by atoms with Crippen LogP contribution >= 0.6 is 0 Å². The monoisotopic (exact) mass is 320 g/mol. The van der Waals surface area contributed by atoms with Gasteiger partial charge in [-0.2, -0.15) is 0 Å². The van der Waals surface area contributed by atoms with E-state index >= 15 is 0 Å². The molecule has 1 saturated heterocycles. The SMILES string of the molecule is C[C@H]1[C@H](C)CCC[C@@H]1NC(=O)CN1C(=O)[C@H]2CCCC[C@H]2C1=O. The van der Waals surface area contributed by atoms with Crippen molar-refractivity contribution in [3.63, 3.8) is 0 Å². The second kappa shape index (κ2) is 6.62. The summed E-state index contributed by atoms with van der Waals surface area (Å²) in [6, 6.07) is 0.168. The minimum absolute atomic E-state index is 0.0950. The molecule has 5 heteroatoms. The molecule has 0 spiro atoms. The maximum absolute atomic E-state index is 12.4. The smallest absolute Gasteiger partial charge is 0.240 e. The van der Waals surface area contributed by atoms with Gasteiger partial charge in [0.2, 0.25) is 17.7 Å². The lowest BCUT2D eigenvalue weighted by molar-refractivity contribution is -0.144. The van der Waals surface area contributed by atoms with Gasteiger partial charge in [0.1, 0.15) is 6.54 Å². The largest absolute Gasteiger partial charge is 0.352 e. The molecular weight excluding hydrogens is 292 g/mol. The molecule has 0 aromatic carbocycles. The quantitative estimate of drug-likeness (QED) is 0.810. The first-order valence-corrected chi connectivity index (χ1v) is 9.13. The number of rotatable bonds is 3. The van der Waals surface area contributed by atoms with Crippen molar-refractivity contribution in [1.82, 2.24) is 10.2 Å². The molecule has 5 nitrogen and oxygen atoms in total. The number of carbonyl (C=O) groups is 3. The first-order chi connectivity index (χ1) is 11.0. The van der Waals surface area contributed by atoms with Crippen molar-refractivity contribution in [3.8, 4) is 0 Å². The van der Waals surface area contributed by atoms with Crippen molar-refractivity contribution in [2.45, 2.75) is 64.8 Å². The minimum atomic E-state index is -0.184. The van der Waals surface area contributed by atoms with Gasteiger partial charge in [-0.3, -0.25) is 19.3 Å². The van der Waals surface area contributed by atoms with Crippen LogP contribution in [0.25, 0.3) is 0 Å². The van der Waals surface area contributed by atoms with E-state index in [2.05, 4.69) is 19.2 Å². The fourth-order valence-corrected chi connectivity index (χ4v) is 4.57. The van der Waals surface area contributed by atoms with E-state index in [-0.39, 0.29) is 42.1 Å². The van der Waals surface area contributed by atoms with Gasteiger partial charge >= 0.3 is 0 Å². The minimum Gasteiger partial charge on any atom is -0.352 e. The number of amides is 3. The highest BCUT2D eigenvalue weighted by molar-refractivity contribution is 6.07. The van der Waals surface area contributed by atoms with E-state index in [1.54, 1.807) is 0 Å². The van der Waals surface area contributed by atoms with Gasteiger partial charge in [-0.05, 0) is 31.1 Å². The van der Waals surface area contributed by atoms with Crippen molar-refractivity contribution in [2.24, 2.45) is 23.7 Å². The number of carbonyl (C=O) groups excluding carboxylic acids is 3. The third-order valence-corrected chi connectivity index (χ3v) is 6.29. The molecule has 0 bridgehead atoms. The van der Waals surface area contributed by atoms with E-state index in [1.807, 2.05) is 0 Å². The average Bonchev–Trinajstić information content (AvgIpc) is 2.77. The lowest BCUT2D eigenvalue weighted by Crippen LogP contribution is -2.48. The number of nitrogens with one attached hydrogen (secondary N) is 1. The molecule has 1 heterocycles. The number of likely N-dealkylation sites (tertiary alicyclic amines) is 1. The van der Waals surface area contributed by atoms with Gasteiger partial charge in [0, 0.05) is 6.04 Å². The lowest BCUT2D eigenvalue weighted by Gasteiger charge is -2.34. The summed E-state index contributed by atoms with van der Waals surface area (Å²) in [5.74, 6) is 0.277. The average molecular weight is 320 g/mol. The van der Waals surface area contributed by atoms with Crippen LogP contribution in [0, 0.1) is 23.7 Å². The molecule has 1 N–H and O–H groups in total. The number of hydrogen-bond donors (Lipinski definition) is 1. The van der Waals surface area contributed by atoms with E-state index in [9.17, 15) is 14.4 Å². The summed E-state index contributed by atoms with van der Waals surface area (Å²) in [4.78, 5) is 38.4. The second-order valence-electron chi connectivity index (χ2n) is 7.70. The third-order valence-electron chi connectivity index (χ3n) is 6.29. The molecule has 2 saturated carbocycles.